The summed E-state index contributed by atoms with van der Waals surface area (Å²) in [6.45, 7) is 10.8. The summed E-state index contributed by atoms with van der Waals surface area (Å²) in [7, 11) is 0. The zero-order chi connectivity index (χ0) is 15.1. The average Bonchev–Trinajstić information content (AvgIpc) is 2.45. The molecule has 3 N–H and O–H groups in total. The van der Waals surface area contributed by atoms with Crippen LogP contribution >= 0.6 is 0 Å². The number of nitrogens with two attached hydrogens (primary N) is 1. The summed E-state index contributed by atoms with van der Waals surface area (Å²) in [5, 5.41) is 3.06. The van der Waals surface area contributed by atoms with E-state index in [1.165, 1.54) is 25.7 Å². The monoisotopic (exact) mass is 283 g/mol. The first-order valence-corrected chi connectivity index (χ1v) is 8.24. The molecule has 0 aromatic rings. The van der Waals surface area contributed by atoms with Gasteiger partial charge in [0.1, 0.15) is 0 Å². The lowest BCUT2D eigenvalue weighted by Gasteiger charge is -2.41. The van der Waals surface area contributed by atoms with Gasteiger partial charge in [0.2, 0.25) is 5.91 Å². The summed E-state index contributed by atoms with van der Waals surface area (Å²) in [5.74, 6) is 1.19. The molecule has 0 saturated heterocycles. The summed E-state index contributed by atoms with van der Waals surface area (Å²) < 4.78 is 0. The maximum absolute atomic E-state index is 12.3. The summed E-state index contributed by atoms with van der Waals surface area (Å²) in [6.07, 6.45) is 4.93. The Balaban J connectivity index is 2.65. The third-order valence-electron chi connectivity index (χ3n) is 4.52. The lowest BCUT2D eigenvalue weighted by molar-refractivity contribution is -0.127. The average molecular weight is 283 g/mol. The molecule has 1 fully saturated rings. The van der Waals surface area contributed by atoms with Crippen molar-refractivity contribution in [3.63, 3.8) is 0 Å². The van der Waals surface area contributed by atoms with Crippen LogP contribution < -0.4 is 11.1 Å². The predicted molar refractivity (Wildman–Crippen MR) is 84.5 cm³/mol. The van der Waals surface area contributed by atoms with Crippen molar-refractivity contribution in [2.45, 2.75) is 65.5 Å². The lowest BCUT2D eigenvalue weighted by atomic mass is 9.83. The largest absolute Gasteiger partial charge is 0.354 e. The summed E-state index contributed by atoms with van der Waals surface area (Å²) in [6, 6.07) is 0.412. The molecule has 0 bridgehead atoms. The van der Waals surface area contributed by atoms with Gasteiger partial charge in [-0.3, -0.25) is 9.69 Å². The van der Waals surface area contributed by atoms with Gasteiger partial charge in [0.15, 0.2) is 0 Å². The Morgan fingerprint density at radius 1 is 1.30 bits per heavy atom. The second-order valence-electron chi connectivity index (χ2n) is 6.49. The standard InChI is InChI=1S/C16H33N3O/c1-5-19(13(4)16(20)18-11-12(2)3)15-9-7-6-8-14(15)10-17/h12-15H,5-11,17H2,1-4H3,(H,18,20). The topological polar surface area (TPSA) is 58.4 Å². The van der Waals surface area contributed by atoms with Crippen molar-refractivity contribution < 1.29 is 4.79 Å². The first-order valence-electron chi connectivity index (χ1n) is 8.24. The van der Waals surface area contributed by atoms with E-state index in [1.807, 2.05) is 6.92 Å². The molecule has 1 amide bonds. The van der Waals surface area contributed by atoms with Crippen LogP contribution in [0.2, 0.25) is 0 Å². The fourth-order valence-corrected chi connectivity index (χ4v) is 3.30. The highest BCUT2D eigenvalue weighted by Crippen LogP contribution is 2.29. The van der Waals surface area contributed by atoms with Crippen molar-refractivity contribution in [2.75, 3.05) is 19.6 Å². The SMILES string of the molecule is CCN(C(C)C(=O)NCC(C)C)C1CCCCC1CN. The van der Waals surface area contributed by atoms with E-state index >= 15 is 0 Å². The number of amides is 1. The van der Waals surface area contributed by atoms with Gasteiger partial charge in [-0.25, -0.2) is 0 Å². The summed E-state index contributed by atoms with van der Waals surface area (Å²) in [4.78, 5) is 14.7. The zero-order valence-electron chi connectivity index (χ0n) is 13.7. The van der Waals surface area contributed by atoms with Gasteiger partial charge in [-0.15, -0.1) is 0 Å². The van der Waals surface area contributed by atoms with E-state index in [0.29, 0.717) is 17.9 Å². The fourth-order valence-electron chi connectivity index (χ4n) is 3.30. The smallest absolute Gasteiger partial charge is 0.237 e. The van der Waals surface area contributed by atoms with E-state index < -0.39 is 0 Å². The first-order chi connectivity index (χ1) is 9.51. The Hall–Kier alpha value is -0.610. The maximum Gasteiger partial charge on any atom is 0.237 e. The molecule has 0 aliphatic heterocycles. The van der Waals surface area contributed by atoms with Gasteiger partial charge in [-0.1, -0.05) is 33.6 Å². The van der Waals surface area contributed by atoms with Gasteiger partial charge in [0.25, 0.3) is 0 Å². The Bertz CT molecular complexity index is 293. The third kappa shape index (κ3) is 4.74. The van der Waals surface area contributed by atoms with Crippen molar-refractivity contribution in [3.8, 4) is 0 Å². The van der Waals surface area contributed by atoms with Crippen molar-refractivity contribution >= 4 is 5.91 Å². The van der Waals surface area contributed by atoms with Gasteiger partial charge >= 0.3 is 0 Å². The zero-order valence-corrected chi connectivity index (χ0v) is 13.7. The molecule has 1 aliphatic rings. The number of hydrogen-bond acceptors (Lipinski definition) is 3. The van der Waals surface area contributed by atoms with Crippen LogP contribution in [0.15, 0.2) is 0 Å². The Labute approximate surface area is 124 Å². The second-order valence-corrected chi connectivity index (χ2v) is 6.49. The van der Waals surface area contributed by atoms with Crippen LogP contribution in [0.4, 0.5) is 0 Å². The van der Waals surface area contributed by atoms with Crippen molar-refractivity contribution in [1.82, 2.24) is 10.2 Å². The Morgan fingerprint density at radius 3 is 2.50 bits per heavy atom. The molecule has 0 aromatic heterocycles. The quantitative estimate of drug-likeness (QED) is 0.751. The van der Waals surface area contributed by atoms with Crippen LogP contribution in [0.3, 0.4) is 0 Å². The van der Waals surface area contributed by atoms with Crippen LogP contribution in [0.1, 0.15) is 53.4 Å². The highest BCUT2D eigenvalue weighted by atomic mass is 16.2. The number of rotatable bonds is 7. The Kier molecular flexibility index (Phi) is 7.52. The molecule has 0 radical (unpaired) electrons. The van der Waals surface area contributed by atoms with Gasteiger partial charge in [-0.05, 0) is 44.7 Å². The highest BCUT2D eigenvalue weighted by molar-refractivity contribution is 5.81. The van der Waals surface area contributed by atoms with Crippen molar-refractivity contribution in [3.05, 3.63) is 0 Å². The molecule has 3 atom stereocenters. The van der Waals surface area contributed by atoms with E-state index in [0.717, 1.165) is 19.6 Å². The van der Waals surface area contributed by atoms with Gasteiger partial charge in [0, 0.05) is 12.6 Å². The van der Waals surface area contributed by atoms with Gasteiger partial charge in [-0.2, -0.15) is 0 Å². The number of likely N-dealkylation sites (N-methyl/N-ethyl adjacent to an activating group) is 1. The van der Waals surface area contributed by atoms with E-state index in [-0.39, 0.29) is 11.9 Å². The molecule has 0 spiro atoms. The number of nitrogens with zero attached hydrogens (tertiary/aromatic N) is 1. The van der Waals surface area contributed by atoms with Crippen molar-refractivity contribution in [2.24, 2.45) is 17.6 Å². The molecular weight excluding hydrogens is 250 g/mol. The van der Waals surface area contributed by atoms with Gasteiger partial charge < -0.3 is 11.1 Å². The third-order valence-corrected chi connectivity index (χ3v) is 4.52. The minimum Gasteiger partial charge on any atom is -0.354 e. The molecule has 4 heteroatoms. The molecule has 0 aromatic carbocycles. The highest BCUT2D eigenvalue weighted by Gasteiger charge is 2.33. The summed E-state index contributed by atoms with van der Waals surface area (Å²) in [5.41, 5.74) is 5.93. The fraction of sp³-hybridized carbons (Fsp3) is 0.938. The molecule has 20 heavy (non-hydrogen) atoms. The maximum atomic E-state index is 12.3. The predicted octanol–water partition coefficient (Wildman–Crippen LogP) is 1.99. The van der Waals surface area contributed by atoms with Crippen LogP contribution in [0, 0.1) is 11.8 Å². The van der Waals surface area contributed by atoms with E-state index in [2.05, 4.69) is 31.0 Å². The first kappa shape index (κ1) is 17.4. The number of carbonyl (C=O) groups is 1. The number of hydrogen-bond donors (Lipinski definition) is 2. The Morgan fingerprint density at radius 2 is 1.95 bits per heavy atom. The molecule has 0 heterocycles. The van der Waals surface area contributed by atoms with E-state index in [1.54, 1.807) is 0 Å². The molecule has 118 valence electrons. The van der Waals surface area contributed by atoms with Crippen molar-refractivity contribution in [1.29, 1.82) is 0 Å². The molecular formula is C16H33N3O. The van der Waals surface area contributed by atoms with Crippen LogP contribution in [-0.4, -0.2) is 42.5 Å². The van der Waals surface area contributed by atoms with Crippen LogP contribution in [0.25, 0.3) is 0 Å². The van der Waals surface area contributed by atoms with E-state index in [4.69, 9.17) is 5.73 Å². The lowest BCUT2D eigenvalue weighted by Crippen LogP contribution is -2.54. The number of carbonyl (C=O) groups excluding carboxylic acids is 1. The molecule has 1 saturated carbocycles. The molecule has 3 unspecified atom stereocenters. The molecule has 1 aliphatic carbocycles. The summed E-state index contributed by atoms with van der Waals surface area (Å²) >= 11 is 0. The van der Waals surface area contributed by atoms with Gasteiger partial charge in [0.05, 0.1) is 6.04 Å². The normalized spacial score (nSPS) is 24.9. The van der Waals surface area contributed by atoms with Crippen LogP contribution in [-0.2, 0) is 4.79 Å². The molecule has 4 nitrogen and oxygen atoms in total. The second kappa shape index (κ2) is 8.63. The molecule has 1 rings (SSSR count). The number of nitrogens with one attached hydrogen (secondary N) is 1. The minimum absolute atomic E-state index is 0.0594. The van der Waals surface area contributed by atoms with E-state index in [9.17, 15) is 4.79 Å². The minimum atomic E-state index is -0.0594. The van der Waals surface area contributed by atoms with Crippen LogP contribution in [0.5, 0.6) is 0 Å².